The minimum absolute atomic E-state index is 0.310. The molecule has 18 heavy (non-hydrogen) atoms. The average Bonchev–Trinajstić information content (AvgIpc) is 2.26. The van der Waals surface area contributed by atoms with Crippen LogP contribution in [0.5, 0.6) is 0 Å². The highest BCUT2D eigenvalue weighted by molar-refractivity contribution is 7.98. The molecule has 7 heteroatoms. The fraction of sp³-hybridized carbons (Fsp3) is 0.0909. The third kappa shape index (κ3) is 3.24. The maximum absolute atomic E-state index is 13.2. The van der Waals surface area contributed by atoms with Crippen molar-refractivity contribution in [3.63, 3.8) is 0 Å². The summed E-state index contributed by atoms with van der Waals surface area (Å²) in [4.78, 5) is 8.22. The standard InChI is InChI=1S/C11H10ClFN4S/c1-18-11-16-9(14)5-10(17-11)15-8-3-6(12)2-7(13)4-8/h2-5H,1H3,(H3,14,15,16,17). The first-order valence-corrected chi connectivity index (χ1v) is 6.59. The van der Waals surface area contributed by atoms with E-state index in [9.17, 15) is 4.39 Å². The van der Waals surface area contributed by atoms with Crippen molar-refractivity contribution in [1.29, 1.82) is 0 Å². The topological polar surface area (TPSA) is 63.8 Å². The lowest BCUT2D eigenvalue weighted by atomic mass is 10.3. The summed E-state index contributed by atoms with van der Waals surface area (Å²) in [6.45, 7) is 0. The van der Waals surface area contributed by atoms with Crippen LogP contribution in [0.1, 0.15) is 0 Å². The zero-order valence-electron chi connectivity index (χ0n) is 9.45. The largest absolute Gasteiger partial charge is 0.383 e. The Morgan fingerprint density at radius 1 is 1.28 bits per heavy atom. The molecule has 1 heterocycles. The lowest BCUT2D eigenvalue weighted by Gasteiger charge is -2.08. The Kier molecular flexibility index (Phi) is 3.88. The van der Waals surface area contributed by atoms with Crippen molar-refractivity contribution in [2.24, 2.45) is 0 Å². The lowest BCUT2D eigenvalue weighted by Crippen LogP contribution is -2.00. The van der Waals surface area contributed by atoms with E-state index >= 15 is 0 Å². The van der Waals surface area contributed by atoms with Crippen LogP contribution in [0.4, 0.5) is 21.7 Å². The number of hydrogen-bond acceptors (Lipinski definition) is 5. The summed E-state index contributed by atoms with van der Waals surface area (Å²) in [5, 5.41) is 3.78. The van der Waals surface area contributed by atoms with Crippen molar-refractivity contribution in [2.45, 2.75) is 5.16 Å². The summed E-state index contributed by atoms with van der Waals surface area (Å²) in [6, 6.07) is 5.72. The van der Waals surface area contributed by atoms with E-state index < -0.39 is 5.82 Å². The monoisotopic (exact) mass is 284 g/mol. The lowest BCUT2D eigenvalue weighted by molar-refractivity contribution is 0.628. The minimum atomic E-state index is -0.419. The fourth-order valence-corrected chi connectivity index (χ4v) is 1.98. The van der Waals surface area contributed by atoms with Crippen LogP contribution in [0.2, 0.25) is 5.02 Å². The van der Waals surface area contributed by atoms with Crippen LogP contribution >= 0.6 is 23.4 Å². The van der Waals surface area contributed by atoms with Gasteiger partial charge >= 0.3 is 0 Å². The molecule has 2 aromatic rings. The summed E-state index contributed by atoms with van der Waals surface area (Å²) in [7, 11) is 0. The van der Waals surface area contributed by atoms with Crippen LogP contribution < -0.4 is 11.1 Å². The highest BCUT2D eigenvalue weighted by Crippen LogP contribution is 2.23. The summed E-state index contributed by atoms with van der Waals surface area (Å²) in [5.74, 6) is 0.421. The van der Waals surface area contributed by atoms with Gasteiger partial charge in [0.25, 0.3) is 0 Å². The number of nitrogens with one attached hydrogen (secondary N) is 1. The van der Waals surface area contributed by atoms with E-state index in [1.54, 1.807) is 12.1 Å². The van der Waals surface area contributed by atoms with E-state index in [-0.39, 0.29) is 0 Å². The number of aromatic nitrogens is 2. The van der Waals surface area contributed by atoms with E-state index in [1.165, 1.54) is 23.9 Å². The maximum atomic E-state index is 13.2. The van der Waals surface area contributed by atoms with Gasteiger partial charge in [-0.15, -0.1) is 0 Å². The zero-order valence-corrected chi connectivity index (χ0v) is 11.0. The van der Waals surface area contributed by atoms with E-state index in [4.69, 9.17) is 17.3 Å². The van der Waals surface area contributed by atoms with E-state index in [1.807, 2.05) is 6.26 Å². The van der Waals surface area contributed by atoms with Crippen molar-refractivity contribution < 1.29 is 4.39 Å². The number of hydrogen-bond donors (Lipinski definition) is 2. The van der Waals surface area contributed by atoms with Crippen molar-refractivity contribution in [3.8, 4) is 0 Å². The van der Waals surface area contributed by atoms with Crippen LogP contribution in [0.3, 0.4) is 0 Å². The summed E-state index contributed by atoms with van der Waals surface area (Å²) >= 11 is 7.14. The van der Waals surface area contributed by atoms with Gasteiger partial charge in [-0.3, -0.25) is 0 Å². The normalized spacial score (nSPS) is 10.4. The number of thioether (sulfide) groups is 1. The molecule has 4 nitrogen and oxygen atoms in total. The Morgan fingerprint density at radius 3 is 2.72 bits per heavy atom. The quantitative estimate of drug-likeness (QED) is 0.669. The smallest absolute Gasteiger partial charge is 0.191 e. The molecule has 0 aliphatic rings. The number of halogens is 2. The van der Waals surface area contributed by atoms with Crippen molar-refractivity contribution in [1.82, 2.24) is 9.97 Å². The number of rotatable bonds is 3. The van der Waals surface area contributed by atoms with Crippen molar-refractivity contribution in [2.75, 3.05) is 17.3 Å². The molecule has 0 bridgehead atoms. The highest BCUT2D eigenvalue weighted by Gasteiger charge is 2.04. The Bertz CT molecular complexity index is 559. The molecule has 1 aromatic heterocycles. The van der Waals surface area contributed by atoms with Crippen LogP contribution in [0.15, 0.2) is 29.4 Å². The maximum Gasteiger partial charge on any atom is 0.191 e. The van der Waals surface area contributed by atoms with Crippen molar-refractivity contribution >= 4 is 40.7 Å². The number of anilines is 3. The molecule has 0 spiro atoms. The molecule has 1 aromatic carbocycles. The number of nitrogens with zero attached hydrogens (tertiary/aromatic N) is 2. The molecule has 0 unspecified atom stereocenters. The van der Waals surface area contributed by atoms with Gasteiger partial charge in [0.05, 0.1) is 0 Å². The van der Waals surface area contributed by atoms with Gasteiger partial charge in [0.15, 0.2) is 5.16 Å². The first kappa shape index (κ1) is 12.9. The van der Waals surface area contributed by atoms with Gasteiger partial charge in [-0.05, 0) is 24.5 Å². The third-order valence-electron chi connectivity index (χ3n) is 2.04. The first-order valence-electron chi connectivity index (χ1n) is 4.98. The van der Waals surface area contributed by atoms with Crippen LogP contribution in [0.25, 0.3) is 0 Å². The Morgan fingerprint density at radius 2 is 2.06 bits per heavy atom. The molecule has 0 amide bonds. The number of nitrogen functional groups attached to an aromatic ring is 1. The van der Waals surface area contributed by atoms with Gasteiger partial charge in [-0.1, -0.05) is 23.4 Å². The van der Waals surface area contributed by atoms with Crippen LogP contribution in [0, 0.1) is 5.82 Å². The summed E-state index contributed by atoms with van der Waals surface area (Å²) in [5.41, 5.74) is 6.15. The van der Waals surface area contributed by atoms with Crippen LogP contribution in [-0.4, -0.2) is 16.2 Å². The van der Waals surface area contributed by atoms with Gasteiger partial charge < -0.3 is 11.1 Å². The van der Waals surface area contributed by atoms with Gasteiger partial charge in [-0.25, -0.2) is 14.4 Å². The molecule has 0 saturated carbocycles. The van der Waals surface area contributed by atoms with E-state index in [0.717, 1.165) is 0 Å². The molecule has 0 fully saturated rings. The predicted octanol–water partition coefficient (Wildman–Crippen LogP) is 3.32. The second-order valence-corrected chi connectivity index (χ2v) is 4.66. The zero-order chi connectivity index (χ0) is 13.1. The number of nitrogens with two attached hydrogens (primary N) is 1. The SMILES string of the molecule is CSc1nc(N)cc(Nc2cc(F)cc(Cl)c2)n1. The van der Waals surface area contributed by atoms with Gasteiger partial charge in [0.1, 0.15) is 17.5 Å². The average molecular weight is 285 g/mol. The molecule has 2 rings (SSSR count). The molecule has 0 radical (unpaired) electrons. The molecule has 0 atom stereocenters. The van der Waals surface area contributed by atoms with Gasteiger partial charge in [-0.2, -0.15) is 0 Å². The molecule has 0 saturated heterocycles. The summed E-state index contributed by atoms with van der Waals surface area (Å²) in [6.07, 6.45) is 1.84. The molecule has 0 aliphatic carbocycles. The molecule has 3 N–H and O–H groups in total. The second-order valence-electron chi connectivity index (χ2n) is 3.45. The van der Waals surface area contributed by atoms with Crippen LogP contribution in [-0.2, 0) is 0 Å². The van der Waals surface area contributed by atoms with Gasteiger partial charge in [0.2, 0.25) is 0 Å². The summed E-state index contributed by atoms with van der Waals surface area (Å²) < 4.78 is 13.2. The molecule has 94 valence electrons. The second kappa shape index (κ2) is 5.41. The Hall–Kier alpha value is -1.53. The number of benzene rings is 1. The molecular formula is C11H10ClFN4S. The minimum Gasteiger partial charge on any atom is -0.383 e. The Balaban J connectivity index is 2.30. The first-order chi connectivity index (χ1) is 8.56. The molecular weight excluding hydrogens is 275 g/mol. The van der Waals surface area contributed by atoms with Gasteiger partial charge in [0, 0.05) is 16.8 Å². The van der Waals surface area contributed by atoms with E-state index in [2.05, 4.69) is 15.3 Å². The van der Waals surface area contributed by atoms with Crippen molar-refractivity contribution in [3.05, 3.63) is 35.1 Å². The molecule has 0 aliphatic heterocycles. The third-order valence-corrected chi connectivity index (χ3v) is 2.81. The Labute approximate surface area is 113 Å². The fourth-order valence-electron chi connectivity index (χ4n) is 1.37. The van der Waals surface area contributed by atoms with E-state index in [0.29, 0.717) is 27.5 Å². The highest BCUT2D eigenvalue weighted by atomic mass is 35.5. The predicted molar refractivity (Wildman–Crippen MR) is 72.9 cm³/mol.